The Hall–Kier alpha value is -1.90. The molecule has 9 heteroatoms. The molecule has 1 aromatic heterocycles. The van der Waals surface area contributed by atoms with Crippen molar-refractivity contribution in [1.29, 1.82) is 0 Å². The second-order valence-corrected chi connectivity index (χ2v) is 6.43. The summed E-state index contributed by atoms with van der Waals surface area (Å²) in [7, 11) is -4.00. The number of aryl methyl sites for hydroxylation is 1. The van der Waals surface area contributed by atoms with Crippen molar-refractivity contribution in [2.24, 2.45) is 0 Å². The fraction of sp³-hybridized carbons (Fsp3) is 0.167. The van der Waals surface area contributed by atoms with Gasteiger partial charge in [0.15, 0.2) is 5.69 Å². The number of halogens is 1. The SMILES string of the molecule is Cc1[nH]nc(C(=O)O)c1S(=O)(=O)NCc1cccc(Cl)c1. The molecule has 1 aromatic carbocycles. The number of hydrogen-bond donors (Lipinski definition) is 3. The molecular weight excluding hydrogens is 318 g/mol. The fourth-order valence-corrected chi connectivity index (χ4v) is 3.34. The highest BCUT2D eigenvalue weighted by Crippen LogP contribution is 2.18. The van der Waals surface area contributed by atoms with Crippen LogP contribution in [0.3, 0.4) is 0 Å². The summed E-state index contributed by atoms with van der Waals surface area (Å²) in [6, 6.07) is 6.68. The van der Waals surface area contributed by atoms with E-state index in [9.17, 15) is 13.2 Å². The van der Waals surface area contributed by atoms with Crippen LogP contribution in [0.15, 0.2) is 29.2 Å². The molecule has 2 rings (SSSR count). The second-order valence-electron chi connectivity index (χ2n) is 4.29. The van der Waals surface area contributed by atoms with E-state index < -0.39 is 21.7 Å². The van der Waals surface area contributed by atoms with E-state index in [1.165, 1.54) is 6.92 Å². The molecular formula is C12H12ClN3O4S. The van der Waals surface area contributed by atoms with E-state index in [2.05, 4.69) is 14.9 Å². The van der Waals surface area contributed by atoms with Gasteiger partial charge in [0, 0.05) is 11.6 Å². The zero-order chi connectivity index (χ0) is 15.6. The van der Waals surface area contributed by atoms with Crippen LogP contribution in [-0.4, -0.2) is 29.7 Å². The molecule has 1 heterocycles. The lowest BCUT2D eigenvalue weighted by molar-refractivity contribution is 0.0686. The first-order valence-electron chi connectivity index (χ1n) is 5.83. The zero-order valence-electron chi connectivity index (χ0n) is 10.9. The predicted octanol–water partition coefficient (Wildman–Crippen LogP) is 1.55. The molecule has 0 saturated heterocycles. The Morgan fingerprint density at radius 1 is 1.48 bits per heavy atom. The van der Waals surface area contributed by atoms with Gasteiger partial charge in [-0.1, -0.05) is 23.7 Å². The van der Waals surface area contributed by atoms with Crippen LogP contribution in [0.4, 0.5) is 0 Å². The summed E-state index contributed by atoms with van der Waals surface area (Å²) in [6.45, 7) is 1.43. The minimum atomic E-state index is -4.00. The van der Waals surface area contributed by atoms with E-state index in [1.807, 2.05) is 0 Å². The lowest BCUT2D eigenvalue weighted by Gasteiger charge is -2.07. The molecule has 0 aliphatic rings. The van der Waals surface area contributed by atoms with Crippen LogP contribution in [0.5, 0.6) is 0 Å². The Kier molecular flexibility index (Phi) is 4.31. The fourth-order valence-electron chi connectivity index (χ4n) is 1.79. The molecule has 112 valence electrons. The number of sulfonamides is 1. The molecule has 0 atom stereocenters. The van der Waals surface area contributed by atoms with Gasteiger partial charge in [-0.05, 0) is 24.6 Å². The Bertz CT molecular complexity index is 786. The topological polar surface area (TPSA) is 112 Å². The Morgan fingerprint density at radius 2 is 2.19 bits per heavy atom. The Morgan fingerprint density at radius 3 is 2.81 bits per heavy atom. The van der Waals surface area contributed by atoms with Crippen LogP contribution in [-0.2, 0) is 16.6 Å². The summed E-state index contributed by atoms with van der Waals surface area (Å²) in [5.41, 5.74) is 0.279. The van der Waals surface area contributed by atoms with Crippen molar-refractivity contribution in [2.45, 2.75) is 18.4 Å². The molecule has 0 radical (unpaired) electrons. The molecule has 0 unspecified atom stereocenters. The van der Waals surface area contributed by atoms with E-state index >= 15 is 0 Å². The Labute approximate surface area is 126 Å². The van der Waals surface area contributed by atoms with Crippen LogP contribution in [0, 0.1) is 6.92 Å². The monoisotopic (exact) mass is 329 g/mol. The van der Waals surface area contributed by atoms with Gasteiger partial charge in [-0.3, -0.25) is 5.10 Å². The first-order chi connectivity index (χ1) is 9.81. The number of aromatic nitrogens is 2. The molecule has 21 heavy (non-hydrogen) atoms. The van der Waals surface area contributed by atoms with Gasteiger partial charge >= 0.3 is 5.97 Å². The summed E-state index contributed by atoms with van der Waals surface area (Å²) >= 11 is 5.82. The zero-order valence-corrected chi connectivity index (χ0v) is 12.5. The van der Waals surface area contributed by atoms with Gasteiger partial charge in [0.05, 0.1) is 5.69 Å². The molecule has 2 aromatic rings. The highest BCUT2D eigenvalue weighted by molar-refractivity contribution is 7.89. The highest BCUT2D eigenvalue weighted by Gasteiger charge is 2.27. The first-order valence-corrected chi connectivity index (χ1v) is 7.70. The van der Waals surface area contributed by atoms with Gasteiger partial charge in [0.1, 0.15) is 4.90 Å². The number of carboxylic acid groups (broad SMARTS) is 1. The quantitative estimate of drug-likeness (QED) is 0.770. The summed E-state index contributed by atoms with van der Waals surface area (Å²) in [6.07, 6.45) is 0. The summed E-state index contributed by atoms with van der Waals surface area (Å²) < 4.78 is 26.8. The van der Waals surface area contributed by atoms with Crippen LogP contribution < -0.4 is 4.72 Å². The van der Waals surface area contributed by atoms with Crippen molar-refractivity contribution >= 4 is 27.6 Å². The smallest absolute Gasteiger partial charge is 0.357 e. The molecule has 0 saturated carbocycles. The number of carbonyl (C=O) groups is 1. The van der Waals surface area contributed by atoms with E-state index in [0.717, 1.165) is 0 Å². The van der Waals surface area contributed by atoms with E-state index in [0.29, 0.717) is 10.6 Å². The summed E-state index contributed by atoms with van der Waals surface area (Å²) in [4.78, 5) is 10.6. The molecule has 0 aliphatic carbocycles. The number of aromatic carboxylic acids is 1. The highest BCUT2D eigenvalue weighted by atomic mass is 35.5. The van der Waals surface area contributed by atoms with Crippen molar-refractivity contribution in [3.8, 4) is 0 Å². The third-order valence-corrected chi connectivity index (χ3v) is 4.51. The van der Waals surface area contributed by atoms with E-state index in [4.69, 9.17) is 16.7 Å². The van der Waals surface area contributed by atoms with Gasteiger partial charge in [0.25, 0.3) is 0 Å². The number of benzene rings is 1. The third-order valence-electron chi connectivity index (χ3n) is 2.72. The molecule has 3 N–H and O–H groups in total. The number of aromatic amines is 1. The third kappa shape index (κ3) is 3.41. The average molecular weight is 330 g/mol. The number of nitrogens with one attached hydrogen (secondary N) is 2. The number of hydrogen-bond acceptors (Lipinski definition) is 4. The predicted molar refractivity (Wildman–Crippen MR) is 75.8 cm³/mol. The maximum absolute atomic E-state index is 12.2. The van der Waals surface area contributed by atoms with Crippen LogP contribution in [0.25, 0.3) is 0 Å². The molecule has 0 fully saturated rings. The van der Waals surface area contributed by atoms with Crippen molar-refractivity contribution in [2.75, 3.05) is 0 Å². The van der Waals surface area contributed by atoms with Gasteiger partial charge in [-0.2, -0.15) is 5.10 Å². The minimum Gasteiger partial charge on any atom is -0.476 e. The molecule has 0 amide bonds. The first kappa shape index (κ1) is 15.5. The summed E-state index contributed by atoms with van der Waals surface area (Å²) in [5, 5.41) is 15.3. The van der Waals surface area contributed by atoms with Crippen molar-refractivity contribution in [3.63, 3.8) is 0 Å². The van der Waals surface area contributed by atoms with Gasteiger partial charge in [-0.15, -0.1) is 0 Å². The van der Waals surface area contributed by atoms with Crippen LogP contribution in [0.2, 0.25) is 5.02 Å². The Balaban J connectivity index is 2.27. The molecule has 0 spiro atoms. The maximum Gasteiger partial charge on any atom is 0.357 e. The average Bonchev–Trinajstić information content (AvgIpc) is 2.80. The summed E-state index contributed by atoms with van der Waals surface area (Å²) in [5.74, 6) is -1.41. The number of carboxylic acids is 1. The number of rotatable bonds is 5. The maximum atomic E-state index is 12.2. The van der Waals surface area contributed by atoms with Gasteiger partial charge < -0.3 is 5.11 Å². The van der Waals surface area contributed by atoms with Gasteiger partial charge in [0.2, 0.25) is 10.0 Å². The molecule has 7 nitrogen and oxygen atoms in total. The van der Waals surface area contributed by atoms with E-state index in [1.54, 1.807) is 24.3 Å². The molecule has 0 aliphatic heterocycles. The van der Waals surface area contributed by atoms with E-state index in [-0.39, 0.29) is 17.1 Å². The second kappa shape index (κ2) is 5.84. The van der Waals surface area contributed by atoms with Crippen molar-refractivity contribution in [3.05, 3.63) is 46.2 Å². The van der Waals surface area contributed by atoms with Crippen LogP contribution >= 0.6 is 11.6 Å². The molecule has 0 bridgehead atoms. The largest absolute Gasteiger partial charge is 0.476 e. The normalized spacial score (nSPS) is 11.5. The minimum absolute atomic E-state index is 0.00737. The standard InChI is InChI=1S/C12H12ClN3O4S/c1-7-11(10(12(17)18)16-15-7)21(19,20)14-6-8-3-2-4-9(13)5-8/h2-5,14H,6H2,1H3,(H,15,16)(H,17,18). The number of nitrogens with zero attached hydrogens (tertiary/aromatic N) is 1. The lowest BCUT2D eigenvalue weighted by atomic mass is 10.2. The van der Waals surface area contributed by atoms with Crippen molar-refractivity contribution < 1.29 is 18.3 Å². The van der Waals surface area contributed by atoms with Crippen molar-refractivity contribution in [1.82, 2.24) is 14.9 Å². The van der Waals surface area contributed by atoms with Gasteiger partial charge in [-0.25, -0.2) is 17.9 Å². The van der Waals surface area contributed by atoms with Crippen LogP contribution in [0.1, 0.15) is 21.7 Å². The lowest BCUT2D eigenvalue weighted by Crippen LogP contribution is -2.25. The number of H-pyrrole nitrogens is 1.